The van der Waals surface area contributed by atoms with Gasteiger partial charge in [-0.05, 0) is 48.5 Å². The molecule has 0 saturated heterocycles. The highest BCUT2D eigenvalue weighted by molar-refractivity contribution is 5.83. The van der Waals surface area contributed by atoms with Crippen LogP contribution in [0.2, 0.25) is 0 Å². The second-order valence-corrected chi connectivity index (χ2v) is 6.25. The average molecular weight is 335 g/mol. The molecule has 3 nitrogen and oxygen atoms in total. The van der Waals surface area contributed by atoms with Crippen molar-refractivity contribution in [3.05, 3.63) is 104 Å². The summed E-state index contributed by atoms with van der Waals surface area (Å²) in [7, 11) is 0. The highest BCUT2D eigenvalue weighted by Gasteiger charge is 2.10. The lowest BCUT2D eigenvalue weighted by Gasteiger charge is -2.10. The quantitative estimate of drug-likeness (QED) is 0.428. The second-order valence-electron chi connectivity index (χ2n) is 6.25. The zero-order chi connectivity index (χ0) is 17.3. The van der Waals surface area contributed by atoms with Gasteiger partial charge in [0.1, 0.15) is 6.33 Å². The Morgan fingerprint density at radius 1 is 0.615 bits per heavy atom. The van der Waals surface area contributed by atoms with Gasteiger partial charge in [0.15, 0.2) is 0 Å². The molecule has 124 valence electrons. The first kappa shape index (κ1) is 14.7. The smallest absolute Gasteiger partial charge is 0.100 e. The first-order valence-electron chi connectivity index (χ1n) is 8.66. The lowest BCUT2D eigenvalue weighted by atomic mass is 10.1. The third-order valence-corrected chi connectivity index (χ3v) is 4.66. The topological polar surface area (TPSA) is 22.8 Å². The van der Waals surface area contributed by atoms with Crippen LogP contribution in [0.5, 0.6) is 0 Å². The first-order chi connectivity index (χ1) is 12.9. The fraction of sp³-hybridized carbons (Fsp3) is 0. The summed E-state index contributed by atoms with van der Waals surface area (Å²) in [6.45, 7) is 0. The highest BCUT2D eigenvalue weighted by atomic mass is 15.0. The average Bonchev–Trinajstić information content (AvgIpc) is 3.36. The number of rotatable bonds is 3. The van der Waals surface area contributed by atoms with Gasteiger partial charge in [0, 0.05) is 23.1 Å². The van der Waals surface area contributed by atoms with E-state index in [2.05, 4.69) is 87.0 Å². The fourth-order valence-electron chi connectivity index (χ4n) is 3.39. The van der Waals surface area contributed by atoms with Gasteiger partial charge in [0.25, 0.3) is 0 Å². The van der Waals surface area contributed by atoms with Crippen molar-refractivity contribution in [2.45, 2.75) is 0 Å². The van der Waals surface area contributed by atoms with Gasteiger partial charge in [0.05, 0.1) is 16.7 Å². The number of aromatic nitrogens is 3. The minimum atomic E-state index is 0.996. The van der Waals surface area contributed by atoms with Crippen molar-refractivity contribution >= 4 is 11.0 Å². The predicted octanol–water partition coefficient (Wildman–Crippen LogP) is 5.48. The van der Waals surface area contributed by atoms with E-state index >= 15 is 0 Å². The summed E-state index contributed by atoms with van der Waals surface area (Å²) in [5.41, 5.74) is 6.71. The van der Waals surface area contributed by atoms with Crippen LogP contribution in [0.1, 0.15) is 0 Å². The van der Waals surface area contributed by atoms with Gasteiger partial charge in [-0.3, -0.25) is 4.57 Å². The molecule has 0 N–H and O–H groups in total. The maximum atomic E-state index is 4.55. The van der Waals surface area contributed by atoms with Gasteiger partial charge >= 0.3 is 0 Å². The van der Waals surface area contributed by atoms with E-state index in [9.17, 15) is 0 Å². The van der Waals surface area contributed by atoms with Gasteiger partial charge in [-0.2, -0.15) is 0 Å². The van der Waals surface area contributed by atoms with Gasteiger partial charge in [-0.25, -0.2) is 4.98 Å². The number of benzene rings is 3. The number of hydrogen-bond donors (Lipinski definition) is 0. The Bertz CT molecular complexity index is 1170. The Morgan fingerprint density at radius 2 is 1.31 bits per heavy atom. The summed E-state index contributed by atoms with van der Waals surface area (Å²) >= 11 is 0. The first-order valence-corrected chi connectivity index (χ1v) is 8.66. The molecule has 0 saturated carbocycles. The normalized spacial score (nSPS) is 11.1. The van der Waals surface area contributed by atoms with E-state index in [4.69, 9.17) is 0 Å². The summed E-state index contributed by atoms with van der Waals surface area (Å²) in [6.07, 6.45) is 3.99. The van der Waals surface area contributed by atoms with E-state index < -0.39 is 0 Å². The molecule has 0 aliphatic rings. The van der Waals surface area contributed by atoms with Crippen molar-refractivity contribution in [1.82, 2.24) is 14.1 Å². The molecule has 0 radical (unpaired) electrons. The van der Waals surface area contributed by atoms with E-state index in [1.54, 1.807) is 0 Å². The molecule has 0 amide bonds. The van der Waals surface area contributed by atoms with Crippen LogP contribution < -0.4 is 0 Å². The van der Waals surface area contributed by atoms with Crippen LogP contribution in [-0.2, 0) is 0 Å². The highest BCUT2D eigenvalue weighted by Crippen LogP contribution is 2.28. The minimum Gasteiger partial charge on any atom is -0.317 e. The van der Waals surface area contributed by atoms with Gasteiger partial charge < -0.3 is 4.57 Å². The number of hydrogen-bond acceptors (Lipinski definition) is 1. The molecule has 2 heterocycles. The summed E-state index contributed by atoms with van der Waals surface area (Å²) < 4.78 is 4.35. The third-order valence-electron chi connectivity index (χ3n) is 4.66. The van der Waals surface area contributed by atoms with E-state index in [0.29, 0.717) is 0 Å². The van der Waals surface area contributed by atoms with E-state index in [-0.39, 0.29) is 0 Å². The fourth-order valence-corrected chi connectivity index (χ4v) is 3.39. The van der Waals surface area contributed by atoms with Crippen LogP contribution in [-0.4, -0.2) is 14.1 Å². The van der Waals surface area contributed by atoms with Crippen LogP contribution in [0.15, 0.2) is 104 Å². The number of nitrogens with zero attached hydrogens (tertiary/aromatic N) is 3. The molecular weight excluding hydrogens is 318 g/mol. The van der Waals surface area contributed by atoms with Gasteiger partial charge in [-0.1, -0.05) is 42.5 Å². The van der Waals surface area contributed by atoms with Crippen LogP contribution in [0.4, 0.5) is 0 Å². The zero-order valence-corrected chi connectivity index (χ0v) is 14.2. The van der Waals surface area contributed by atoms with E-state index in [1.165, 1.54) is 11.3 Å². The molecule has 0 spiro atoms. The molecule has 0 bridgehead atoms. The standard InChI is InChI=1S/C23H17N3/c1-3-8-19(9-4-1)25-15-7-12-22(25)18-13-14-21-23(16-18)26(17-24-21)20-10-5-2-6-11-20/h1-17H. The van der Waals surface area contributed by atoms with Gasteiger partial charge in [0.2, 0.25) is 0 Å². The van der Waals surface area contributed by atoms with Crippen molar-refractivity contribution in [1.29, 1.82) is 0 Å². The molecule has 0 aliphatic carbocycles. The van der Waals surface area contributed by atoms with Crippen LogP contribution in [0.25, 0.3) is 33.7 Å². The zero-order valence-electron chi connectivity index (χ0n) is 14.2. The maximum Gasteiger partial charge on any atom is 0.100 e. The molecule has 0 unspecified atom stereocenters. The number of para-hydroxylation sites is 2. The summed E-state index contributed by atoms with van der Waals surface area (Å²) in [6, 6.07) is 31.4. The SMILES string of the molecule is c1ccc(-n2cccc2-c2ccc3ncn(-c4ccccc4)c3c2)cc1. The Kier molecular flexibility index (Phi) is 3.42. The summed E-state index contributed by atoms with van der Waals surface area (Å²) in [5, 5.41) is 0. The van der Waals surface area contributed by atoms with Crippen molar-refractivity contribution in [2.24, 2.45) is 0 Å². The van der Waals surface area contributed by atoms with E-state index in [0.717, 1.165) is 22.4 Å². The van der Waals surface area contributed by atoms with Crippen LogP contribution in [0, 0.1) is 0 Å². The van der Waals surface area contributed by atoms with Crippen molar-refractivity contribution in [2.75, 3.05) is 0 Å². The minimum absolute atomic E-state index is 0.996. The van der Waals surface area contributed by atoms with Crippen LogP contribution in [0.3, 0.4) is 0 Å². The van der Waals surface area contributed by atoms with E-state index in [1.807, 2.05) is 30.6 Å². The lowest BCUT2D eigenvalue weighted by molar-refractivity contribution is 1.08. The molecule has 2 aromatic heterocycles. The summed E-state index contributed by atoms with van der Waals surface area (Å²) in [4.78, 5) is 4.55. The molecule has 3 aromatic carbocycles. The third kappa shape index (κ3) is 2.42. The number of fused-ring (bicyclic) bond motifs is 1. The Hall–Kier alpha value is -3.59. The summed E-state index contributed by atoms with van der Waals surface area (Å²) in [5.74, 6) is 0. The Balaban J connectivity index is 1.67. The van der Waals surface area contributed by atoms with Crippen molar-refractivity contribution in [3.63, 3.8) is 0 Å². The molecule has 0 atom stereocenters. The number of imidazole rings is 1. The molecule has 0 fully saturated rings. The van der Waals surface area contributed by atoms with Crippen LogP contribution >= 0.6 is 0 Å². The largest absolute Gasteiger partial charge is 0.317 e. The molecule has 0 aliphatic heterocycles. The lowest BCUT2D eigenvalue weighted by Crippen LogP contribution is -1.95. The molecular formula is C23H17N3. The predicted molar refractivity (Wildman–Crippen MR) is 106 cm³/mol. The van der Waals surface area contributed by atoms with Gasteiger partial charge in [-0.15, -0.1) is 0 Å². The maximum absolute atomic E-state index is 4.55. The van der Waals surface area contributed by atoms with Crippen molar-refractivity contribution in [3.8, 4) is 22.6 Å². The molecule has 26 heavy (non-hydrogen) atoms. The van der Waals surface area contributed by atoms with Crippen molar-refractivity contribution < 1.29 is 0 Å². The molecule has 5 aromatic rings. The Labute approximate surface area is 151 Å². The molecule has 3 heteroatoms. The monoisotopic (exact) mass is 335 g/mol. The molecule has 5 rings (SSSR count). The Morgan fingerprint density at radius 3 is 2.04 bits per heavy atom. The second kappa shape index (κ2) is 6.05.